The van der Waals surface area contributed by atoms with Crippen LogP contribution in [0, 0.1) is 0 Å². The van der Waals surface area contributed by atoms with Crippen molar-refractivity contribution in [2.75, 3.05) is 11.9 Å². The minimum absolute atomic E-state index is 0.0577. The number of amides is 3. The van der Waals surface area contributed by atoms with Gasteiger partial charge in [-0.15, -0.1) is 0 Å². The third-order valence-corrected chi connectivity index (χ3v) is 4.59. The van der Waals surface area contributed by atoms with Gasteiger partial charge in [-0.3, -0.25) is 19.3 Å². The lowest BCUT2D eigenvalue weighted by Gasteiger charge is -2.14. The molecule has 0 radical (unpaired) electrons. The average Bonchev–Trinajstić information content (AvgIpc) is 2.80. The van der Waals surface area contributed by atoms with E-state index in [0.29, 0.717) is 20.8 Å². The number of anilines is 1. The second kappa shape index (κ2) is 7.04. The molecule has 25 heavy (non-hydrogen) atoms. The third kappa shape index (κ3) is 3.49. The van der Waals surface area contributed by atoms with Crippen LogP contribution in [0.25, 0.3) is 0 Å². The lowest BCUT2D eigenvalue weighted by molar-refractivity contribution is -0.116. The molecule has 2 aromatic carbocycles. The normalized spacial score (nSPS) is 13.2. The van der Waals surface area contributed by atoms with Crippen LogP contribution in [-0.2, 0) is 4.79 Å². The molecule has 1 heterocycles. The maximum absolute atomic E-state index is 12.3. The van der Waals surface area contributed by atoms with Crippen molar-refractivity contribution in [2.24, 2.45) is 0 Å². The second-order valence-corrected chi connectivity index (χ2v) is 6.60. The number of rotatable bonds is 4. The first kappa shape index (κ1) is 17.7. The van der Waals surface area contributed by atoms with E-state index in [1.165, 1.54) is 12.1 Å². The molecular formula is C17H11Cl3N2O3. The van der Waals surface area contributed by atoms with Crippen molar-refractivity contribution >= 4 is 58.2 Å². The molecule has 0 aromatic heterocycles. The molecule has 1 N–H and O–H groups in total. The Morgan fingerprint density at radius 2 is 1.60 bits per heavy atom. The Balaban J connectivity index is 1.67. The number of nitrogens with zero attached hydrogens (tertiary/aromatic N) is 1. The summed E-state index contributed by atoms with van der Waals surface area (Å²) >= 11 is 17.8. The SMILES string of the molecule is O=C(CCN1C(=O)c2ccc(Cl)cc2C1=O)Nc1c(Cl)cccc1Cl. The Morgan fingerprint density at radius 3 is 2.28 bits per heavy atom. The van der Waals surface area contributed by atoms with Crippen LogP contribution in [0.15, 0.2) is 36.4 Å². The number of hydrogen-bond acceptors (Lipinski definition) is 3. The zero-order valence-corrected chi connectivity index (χ0v) is 15.0. The number of benzene rings is 2. The summed E-state index contributed by atoms with van der Waals surface area (Å²) in [6, 6.07) is 9.33. The molecule has 3 rings (SSSR count). The fraction of sp³-hybridized carbons (Fsp3) is 0.118. The molecule has 0 bridgehead atoms. The molecule has 128 valence electrons. The first-order valence-corrected chi connectivity index (χ1v) is 8.41. The fourth-order valence-electron chi connectivity index (χ4n) is 2.50. The molecule has 5 nitrogen and oxygen atoms in total. The fourth-order valence-corrected chi connectivity index (χ4v) is 3.16. The van der Waals surface area contributed by atoms with Crippen molar-refractivity contribution < 1.29 is 14.4 Å². The van der Waals surface area contributed by atoms with Crippen molar-refractivity contribution in [1.29, 1.82) is 0 Å². The van der Waals surface area contributed by atoms with Gasteiger partial charge in [0.1, 0.15) is 0 Å². The van der Waals surface area contributed by atoms with E-state index in [1.54, 1.807) is 24.3 Å². The largest absolute Gasteiger partial charge is 0.323 e. The van der Waals surface area contributed by atoms with Gasteiger partial charge in [-0.2, -0.15) is 0 Å². The number of nitrogens with one attached hydrogen (secondary N) is 1. The summed E-state index contributed by atoms with van der Waals surface area (Å²) in [6.07, 6.45) is -0.0826. The Morgan fingerprint density at radius 1 is 0.960 bits per heavy atom. The van der Waals surface area contributed by atoms with Crippen molar-refractivity contribution in [1.82, 2.24) is 4.90 Å². The minimum Gasteiger partial charge on any atom is -0.323 e. The van der Waals surface area contributed by atoms with Crippen LogP contribution in [-0.4, -0.2) is 29.2 Å². The zero-order valence-electron chi connectivity index (χ0n) is 12.7. The van der Waals surface area contributed by atoms with E-state index < -0.39 is 17.7 Å². The number of hydrogen-bond donors (Lipinski definition) is 1. The van der Waals surface area contributed by atoms with Crippen LogP contribution in [0.1, 0.15) is 27.1 Å². The van der Waals surface area contributed by atoms with Gasteiger partial charge in [0.05, 0.1) is 26.9 Å². The molecule has 0 unspecified atom stereocenters. The van der Waals surface area contributed by atoms with E-state index in [2.05, 4.69) is 5.32 Å². The lowest BCUT2D eigenvalue weighted by atomic mass is 10.1. The summed E-state index contributed by atoms with van der Waals surface area (Å²) in [5, 5.41) is 3.56. The third-order valence-electron chi connectivity index (χ3n) is 3.72. The molecule has 0 saturated heterocycles. The number of fused-ring (bicyclic) bond motifs is 1. The van der Waals surface area contributed by atoms with Crippen molar-refractivity contribution in [2.45, 2.75) is 6.42 Å². The molecule has 0 spiro atoms. The smallest absolute Gasteiger partial charge is 0.261 e. The Bertz CT molecular complexity index is 878. The lowest BCUT2D eigenvalue weighted by Crippen LogP contribution is -2.32. The molecular weight excluding hydrogens is 387 g/mol. The van der Waals surface area contributed by atoms with E-state index in [1.807, 2.05) is 0 Å². The van der Waals surface area contributed by atoms with Crippen molar-refractivity contribution in [3.05, 3.63) is 62.6 Å². The van der Waals surface area contributed by atoms with E-state index in [-0.39, 0.29) is 24.1 Å². The molecule has 0 saturated carbocycles. The van der Waals surface area contributed by atoms with Crippen LogP contribution < -0.4 is 5.32 Å². The average molecular weight is 398 g/mol. The van der Waals surface area contributed by atoms with Gasteiger partial charge in [0, 0.05) is 18.0 Å². The van der Waals surface area contributed by atoms with Gasteiger partial charge >= 0.3 is 0 Å². The number of carbonyl (C=O) groups excluding carboxylic acids is 3. The highest BCUT2D eigenvalue weighted by atomic mass is 35.5. The van der Waals surface area contributed by atoms with E-state index in [0.717, 1.165) is 4.90 Å². The first-order valence-electron chi connectivity index (χ1n) is 7.28. The summed E-state index contributed by atoms with van der Waals surface area (Å²) < 4.78 is 0. The van der Waals surface area contributed by atoms with Gasteiger partial charge in [0.15, 0.2) is 0 Å². The Kier molecular flexibility index (Phi) is 4.99. The molecule has 2 aromatic rings. The maximum atomic E-state index is 12.3. The Hall–Kier alpha value is -2.08. The van der Waals surface area contributed by atoms with E-state index >= 15 is 0 Å². The standard InChI is InChI=1S/C17H11Cl3N2O3/c18-9-4-5-10-11(8-9)17(25)22(16(10)24)7-6-14(23)21-15-12(19)2-1-3-13(15)20/h1-5,8H,6-7H2,(H,21,23). The predicted molar refractivity (Wildman–Crippen MR) is 96.5 cm³/mol. The maximum Gasteiger partial charge on any atom is 0.261 e. The quantitative estimate of drug-likeness (QED) is 0.783. The molecule has 0 fully saturated rings. The minimum atomic E-state index is -0.467. The van der Waals surface area contributed by atoms with Crippen LogP contribution in [0.4, 0.5) is 5.69 Å². The van der Waals surface area contributed by atoms with Gasteiger partial charge in [-0.25, -0.2) is 0 Å². The highest BCUT2D eigenvalue weighted by molar-refractivity contribution is 6.39. The summed E-state index contributed by atoms with van der Waals surface area (Å²) in [6.45, 7) is -0.0577. The molecule has 8 heteroatoms. The van der Waals surface area contributed by atoms with Crippen molar-refractivity contribution in [3.8, 4) is 0 Å². The summed E-state index contributed by atoms with van der Waals surface area (Å²) in [7, 11) is 0. The Labute approximate surface area is 158 Å². The number of imide groups is 1. The number of para-hydroxylation sites is 1. The predicted octanol–water partition coefficient (Wildman–Crippen LogP) is 4.27. The second-order valence-electron chi connectivity index (χ2n) is 5.35. The van der Waals surface area contributed by atoms with Crippen LogP contribution in [0.3, 0.4) is 0 Å². The molecule has 1 aliphatic rings. The topological polar surface area (TPSA) is 66.5 Å². The van der Waals surface area contributed by atoms with Gasteiger partial charge in [0.25, 0.3) is 11.8 Å². The van der Waals surface area contributed by atoms with Gasteiger partial charge in [0.2, 0.25) is 5.91 Å². The highest BCUT2D eigenvalue weighted by Gasteiger charge is 2.35. The molecule has 1 aliphatic heterocycles. The molecule has 0 aliphatic carbocycles. The van der Waals surface area contributed by atoms with E-state index in [4.69, 9.17) is 34.8 Å². The summed E-state index contributed by atoms with van der Waals surface area (Å²) in [5.74, 6) is -1.32. The number of carbonyl (C=O) groups is 3. The van der Waals surface area contributed by atoms with Gasteiger partial charge in [-0.05, 0) is 30.3 Å². The zero-order chi connectivity index (χ0) is 18.1. The monoisotopic (exact) mass is 396 g/mol. The first-order chi connectivity index (χ1) is 11.9. The van der Waals surface area contributed by atoms with Gasteiger partial charge in [-0.1, -0.05) is 40.9 Å². The summed E-state index contributed by atoms with van der Waals surface area (Å²) in [4.78, 5) is 37.7. The van der Waals surface area contributed by atoms with E-state index in [9.17, 15) is 14.4 Å². The highest BCUT2D eigenvalue weighted by Crippen LogP contribution is 2.30. The van der Waals surface area contributed by atoms with Gasteiger partial charge < -0.3 is 5.32 Å². The summed E-state index contributed by atoms with van der Waals surface area (Å²) in [5.41, 5.74) is 0.820. The molecule has 3 amide bonds. The van der Waals surface area contributed by atoms with Crippen LogP contribution >= 0.6 is 34.8 Å². The van der Waals surface area contributed by atoms with Crippen LogP contribution in [0.2, 0.25) is 15.1 Å². The van der Waals surface area contributed by atoms with Crippen molar-refractivity contribution in [3.63, 3.8) is 0 Å². The molecule has 0 atom stereocenters. The number of halogens is 3. The van der Waals surface area contributed by atoms with Crippen LogP contribution in [0.5, 0.6) is 0 Å².